The topological polar surface area (TPSA) is 78.3 Å². The van der Waals surface area contributed by atoms with E-state index in [4.69, 9.17) is 9.15 Å². The van der Waals surface area contributed by atoms with E-state index in [-0.39, 0.29) is 5.78 Å². The molecule has 4 rings (SSSR count). The summed E-state index contributed by atoms with van der Waals surface area (Å²) in [5.74, 6) is 2.10. The van der Waals surface area contributed by atoms with Crippen LogP contribution in [0, 0.1) is 13.8 Å². The van der Waals surface area contributed by atoms with Crippen molar-refractivity contribution in [2.75, 3.05) is 37.0 Å². The number of furan rings is 1. The highest BCUT2D eigenvalue weighted by Crippen LogP contribution is 2.24. The van der Waals surface area contributed by atoms with Crippen LogP contribution in [-0.2, 0) is 18.3 Å². The molecular weight excluding hydrogens is 390 g/mol. The minimum Gasteiger partial charge on any atom is -0.467 e. The number of thioether (sulfide) groups is 1. The van der Waals surface area contributed by atoms with E-state index in [1.54, 1.807) is 6.26 Å². The number of Topliss-reactive ketones (excluding diaryl/α,β-unsaturated/α-hetero) is 1. The summed E-state index contributed by atoms with van der Waals surface area (Å²) in [6.45, 7) is 7.61. The summed E-state index contributed by atoms with van der Waals surface area (Å²) >= 11 is 1.42. The molecule has 0 bridgehead atoms. The van der Waals surface area contributed by atoms with Gasteiger partial charge in [0.15, 0.2) is 10.9 Å². The standard InChI is InChI=1S/C20H25N5O3S/c1-14-11-17(15(2)25(14)12-16-5-4-8-28-16)18(26)13-29-20-22-21-19(23(20)3)24-6-9-27-10-7-24/h4-5,8,11H,6-7,9-10,12-13H2,1-3H3. The average molecular weight is 416 g/mol. The van der Waals surface area contributed by atoms with Crippen molar-refractivity contribution >= 4 is 23.5 Å². The molecule has 1 saturated heterocycles. The number of anilines is 1. The first-order valence-electron chi connectivity index (χ1n) is 9.62. The van der Waals surface area contributed by atoms with Gasteiger partial charge in [0.2, 0.25) is 5.95 Å². The van der Waals surface area contributed by atoms with Crippen molar-refractivity contribution in [2.45, 2.75) is 25.5 Å². The SMILES string of the molecule is Cc1cc(C(=O)CSc2nnc(N3CCOCC3)n2C)c(C)n1Cc1ccco1. The third-order valence-electron chi connectivity index (χ3n) is 5.21. The number of ether oxygens (including phenoxy) is 1. The van der Waals surface area contributed by atoms with E-state index in [9.17, 15) is 4.79 Å². The largest absolute Gasteiger partial charge is 0.467 e. The molecule has 3 aromatic heterocycles. The van der Waals surface area contributed by atoms with Crippen LogP contribution in [0.4, 0.5) is 5.95 Å². The predicted octanol–water partition coefficient (Wildman–Crippen LogP) is 2.69. The molecule has 8 nitrogen and oxygen atoms in total. The molecule has 0 spiro atoms. The predicted molar refractivity (Wildman–Crippen MR) is 111 cm³/mol. The number of nitrogens with zero attached hydrogens (tertiary/aromatic N) is 5. The van der Waals surface area contributed by atoms with Gasteiger partial charge in [-0.3, -0.25) is 9.36 Å². The van der Waals surface area contributed by atoms with Crippen LogP contribution in [0.3, 0.4) is 0 Å². The van der Waals surface area contributed by atoms with Gasteiger partial charge in [-0.05, 0) is 32.0 Å². The van der Waals surface area contributed by atoms with Crippen LogP contribution in [0.1, 0.15) is 27.5 Å². The first-order chi connectivity index (χ1) is 14.0. The molecule has 9 heteroatoms. The summed E-state index contributed by atoms with van der Waals surface area (Å²) in [6, 6.07) is 5.77. The van der Waals surface area contributed by atoms with E-state index >= 15 is 0 Å². The molecule has 0 atom stereocenters. The smallest absolute Gasteiger partial charge is 0.227 e. The zero-order valence-corrected chi connectivity index (χ0v) is 17.7. The lowest BCUT2D eigenvalue weighted by Crippen LogP contribution is -2.37. The number of aryl methyl sites for hydroxylation is 1. The number of hydrogen-bond acceptors (Lipinski definition) is 7. The summed E-state index contributed by atoms with van der Waals surface area (Å²) in [7, 11) is 1.94. The van der Waals surface area contributed by atoms with Crippen LogP contribution >= 0.6 is 11.8 Å². The van der Waals surface area contributed by atoms with Gasteiger partial charge in [0, 0.05) is 37.1 Å². The third kappa shape index (κ3) is 4.11. The quantitative estimate of drug-likeness (QED) is 0.434. The van der Waals surface area contributed by atoms with Crippen molar-refractivity contribution in [1.82, 2.24) is 19.3 Å². The molecule has 154 valence electrons. The molecule has 1 aliphatic heterocycles. The Labute approximate surface area is 173 Å². The number of morpholine rings is 1. The van der Waals surface area contributed by atoms with Gasteiger partial charge in [0.1, 0.15) is 5.76 Å². The van der Waals surface area contributed by atoms with Gasteiger partial charge in [-0.1, -0.05) is 11.8 Å². The lowest BCUT2D eigenvalue weighted by molar-refractivity contribution is 0.102. The van der Waals surface area contributed by atoms with Gasteiger partial charge in [0.25, 0.3) is 0 Å². The van der Waals surface area contributed by atoms with E-state index in [0.29, 0.717) is 25.5 Å². The molecule has 0 aromatic carbocycles. The van der Waals surface area contributed by atoms with Gasteiger partial charge in [-0.25, -0.2) is 0 Å². The Kier molecular flexibility index (Phi) is 5.77. The Balaban J connectivity index is 1.43. The van der Waals surface area contributed by atoms with E-state index in [0.717, 1.165) is 46.9 Å². The molecule has 29 heavy (non-hydrogen) atoms. The molecule has 0 N–H and O–H groups in total. The van der Waals surface area contributed by atoms with Crippen LogP contribution < -0.4 is 4.90 Å². The number of carbonyl (C=O) groups is 1. The molecule has 3 aromatic rings. The van der Waals surface area contributed by atoms with Crippen molar-refractivity contribution in [1.29, 1.82) is 0 Å². The Hall–Kier alpha value is -2.52. The summed E-state index contributed by atoms with van der Waals surface area (Å²) in [5.41, 5.74) is 2.74. The van der Waals surface area contributed by atoms with Crippen molar-refractivity contribution in [2.24, 2.45) is 7.05 Å². The Morgan fingerprint density at radius 1 is 1.24 bits per heavy atom. The van der Waals surface area contributed by atoms with Gasteiger partial charge in [-0.15, -0.1) is 10.2 Å². The lowest BCUT2D eigenvalue weighted by atomic mass is 10.2. The maximum absolute atomic E-state index is 12.9. The molecule has 0 aliphatic carbocycles. The molecule has 0 radical (unpaired) electrons. The molecule has 0 amide bonds. The van der Waals surface area contributed by atoms with E-state index < -0.39 is 0 Å². The second-order valence-corrected chi connectivity index (χ2v) is 8.05. The number of ketones is 1. The monoisotopic (exact) mass is 415 g/mol. The van der Waals surface area contributed by atoms with Gasteiger partial charge >= 0.3 is 0 Å². The molecule has 4 heterocycles. The first-order valence-corrected chi connectivity index (χ1v) is 10.6. The second-order valence-electron chi connectivity index (χ2n) is 7.10. The zero-order chi connectivity index (χ0) is 20.4. The summed E-state index contributed by atoms with van der Waals surface area (Å²) in [6.07, 6.45) is 1.66. The van der Waals surface area contributed by atoms with Crippen molar-refractivity contribution in [3.05, 3.63) is 47.2 Å². The maximum atomic E-state index is 12.9. The van der Waals surface area contributed by atoms with Crippen molar-refractivity contribution in [3.63, 3.8) is 0 Å². The van der Waals surface area contributed by atoms with Crippen LogP contribution in [-0.4, -0.2) is 57.2 Å². The number of rotatable bonds is 7. The highest BCUT2D eigenvalue weighted by molar-refractivity contribution is 7.99. The van der Waals surface area contributed by atoms with E-state index in [1.165, 1.54) is 11.8 Å². The Morgan fingerprint density at radius 2 is 2.03 bits per heavy atom. The van der Waals surface area contributed by atoms with Gasteiger partial charge in [-0.2, -0.15) is 0 Å². The first kappa shape index (κ1) is 19.8. The van der Waals surface area contributed by atoms with E-state index in [2.05, 4.69) is 19.7 Å². The molecule has 0 saturated carbocycles. The van der Waals surface area contributed by atoms with Crippen LogP contribution in [0.15, 0.2) is 34.0 Å². The highest BCUT2D eigenvalue weighted by atomic mass is 32.2. The molecule has 1 fully saturated rings. The Morgan fingerprint density at radius 3 is 2.76 bits per heavy atom. The lowest BCUT2D eigenvalue weighted by Gasteiger charge is -2.27. The molecule has 1 aliphatic rings. The van der Waals surface area contributed by atoms with Crippen molar-refractivity contribution < 1.29 is 13.9 Å². The number of aromatic nitrogens is 4. The van der Waals surface area contributed by atoms with Crippen LogP contribution in [0.5, 0.6) is 0 Å². The fourth-order valence-electron chi connectivity index (χ4n) is 3.56. The summed E-state index contributed by atoms with van der Waals surface area (Å²) in [5, 5.41) is 9.32. The van der Waals surface area contributed by atoms with Crippen LogP contribution in [0.2, 0.25) is 0 Å². The van der Waals surface area contributed by atoms with Gasteiger partial charge < -0.3 is 18.6 Å². The minimum atomic E-state index is 0.0877. The van der Waals surface area contributed by atoms with Crippen LogP contribution in [0.25, 0.3) is 0 Å². The summed E-state index contributed by atoms with van der Waals surface area (Å²) in [4.78, 5) is 15.0. The third-order valence-corrected chi connectivity index (χ3v) is 6.23. The fraction of sp³-hybridized carbons (Fsp3) is 0.450. The fourth-order valence-corrected chi connectivity index (χ4v) is 4.35. The maximum Gasteiger partial charge on any atom is 0.227 e. The normalized spacial score (nSPS) is 14.5. The zero-order valence-electron chi connectivity index (χ0n) is 16.9. The number of hydrogen-bond donors (Lipinski definition) is 0. The summed E-state index contributed by atoms with van der Waals surface area (Å²) < 4.78 is 14.9. The number of carbonyl (C=O) groups excluding carboxylic acids is 1. The van der Waals surface area contributed by atoms with E-state index in [1.807, 2.05) is 43.7 Å². The average Bonchev–Trinajstić information content (AvgIpc) is 3.44. The molecule has 0 unspecified atom stereocenters. The minimum absolute atomic E-state index is 0.0877. The highest BCUT2D eigenvalue weighted by Gasteiger charge is 2.21. The Bertz CT molecular complexity index is 986. The van der Waals surface area contributed by atoms with Crippen molar-refractivity contribution in [3.8, 4) is 0 Å². The molecular formula is C20H25N5O3S. The van der Waals surface area contributed by atoms with Gasteiger partial charge in [0.05, 0.1) is 31.8 Å². The second kappa shape index (κ2) is 8.46.